The summed E-state index contributed by atoms with van der Waals surface area (Å²) in [4.78, 5) is 12.9. The van der Waals surface area contributed by atoms with Crippen LogP contribution in [0, 0.1) is 0 Å². The van der Waals surface area contributed by atoms with Gasteiger partial charge in [0.2, 0.25) is 10.0 Å². The first-order valence-electron chi connectivity index (χ1n) is 8.77. The molecule has 0 aliphatic heterocycles. The second-order valence-electron chi connectivity index (χ2n) is 6.42. The molecule has 0 aromatic heterocycles. The number of carbonyl (C=O) groups excluding carboxylic acids is 1. The second kappa shape index (κ2) is 9.04. The fraction of sp³-hybridized carbons (Fsp3) is 0.350. The predicted octanol–water partition coefficient (Wildman–Crippen LogP) is 2.60. The minimum absolute atomic E-state index is 0.229. The lowest BCUT2D eigenvalue weighted by Gasteiger charge is -2.20. The van der Waals surface area contributed by atoms with Crippen molar-refractivity contribution in [3.63, 3.8) is 0 Å². The SMILES string of the molecule is COc1ccc([C@@H](C)NC(=O)c2cc(N(C)S(C)(=O)=O)ccc2OC)cc1OC. The van der Waals surface area contributed by atoms with E-state index in [9.17, 15) is 13.2 Å². The number of hydrogen-bond donors (Lipinski definition) is 1. The Kier molecular flexibility index (Phi) is 6.97. The third kappa shape index (κ3) is 5.11. The van der Waals surface area contributed by atoms with Crippen molar-refractivity contribution in [1.29, 1.82) is 0 Å². The van der Waals surface area contributed by atoms with Gasteiger partial charge in [0.25, 0.3) is 5.91 Å². The minimum Gasteiger partial charge on any atom is -0.496 e. The van der Waals surface area contributed by atoms with Gasteiger partial charge in [-0.05, 0) is 42.8 Å². The van der Waals surface area contributed by atoms with Gasteiger partial charge in [-0.1, -0.05) is 6.07 Å². The van der Waals surface area contributed by atoms with Gasteiger partial charge in [0.1, 0.15) is 5.75 Å². The number of nitrogens with one attached hydrogen (secondary N) is 1. The fourth-order valence-electron chi connectivity index (χ4n) is 2.74. The maximum atomic E-state index is 12.9. The average Bonchev–Trinajstić information content (AvgIpc) is 2.71. The first-order chi connectivity index (χ1) is 13.6. The van der Waals surface area contributed by atoms with Crippen LogP contribution in [0.25, 0.3) is 0 Å². The Bertz CT molecular complexity index is 990. The molecule has 2 aromatic carbocycles. The summed E-state index contributed by atoms with van der Waals surface area (Å²) in [7, 11) is 2.50. The zero-order valence-electron chi connectivity index (χ0n) is 17.3. The van der Waals surface area contributed by atoms with Crippen molar-refractivity contribution in [2.24, 2.45) is 0 Å². The fourth-order valence-corrected chi connectivity index (χ4v) is 3.24. The van der Waals surface area contributed by atoms with Gasteiger partial charge in [0.05, 0.1) is 44.9 Å². The molecule has 9 heteroatoms. The van der Waals surface area contributed by atoms with Crippen molar-refractivity contribution in [2.75, 3.05) is 38.9 Å². The summed E-state index contributed by atoms with van der Waals surface area (Å²) < 4.78 is 40.5. The first-order valence-corrected chi connectivity index (χ1v) is 10.6. The van der Waals surface area contributed by atoms with E-state index >= 15 is 0 Å². The van der Waals surface area contributed by atoms with E-state index in [4.69, 9.17) is 14.2 Å². The van der Waals surface area contributed by atoms with Gasteiger partial charge in [-0.25, -0.2) is 8.42 Å². The summed E-state index contributed by atoms with van der Waals surface area (Å²) in [6.45, 7) is 1.83. The Hall–Kier alpha value is -2.94. The number of hydrogen-bond acceptors (Lipinski definition) is 6. The van der Waals surface area contributed by atoms with Crippen molar-refractivity contribution in [3.8, 4) is 17.2 Å². The summed E-state index contributed by atoms with van der Waals surface area (Å²) in [6.07, 6.45) is 1.09. The van der Waals surface area contributed by atoms with Crippen LogP contribution < -0.4 is 23.8 Å². The molecule has 0 fully saturated rings. The monoisotopic (exact) mass is 422 g/mol. The number of benzene rings is 2. The third-order valence-corrected chi connectivity index (χ3v) is 5.75. The summed E-state index contributed by atoms with van der Waals surface area (Å²) in [5.41, 5.74) is 1.41. The standard InChI is InChI=1S/C20H26N2O6S/c1-13(14-7-9-18(27-4)19(11-14)28-5)21-20(23)16-12-15(8-10-17(16)26-3)22(2)29(6,24)25/h7-13H,1-6H3,(H,21,23)/t13-/m1/s1. The highest BCUT2D eigenvalue weighted by molar-refractivity contribution is 7.92. The highest BCUT2D eigenvalue weighted by Crippen LogP contribution is 2.31. The number of ether oxygens (including phenoxy) is 3. The highest BCUT2D eigenvalue weighted by Gasteiger charge is 2.20. The Balaban J connectivity index is 2.32. The molecule has 1 amide bonds. The van der Waals surface area contributed by atoms with Crippen LogP contribution in [-0.2, 0) is 10.0 Å². The molecular formula is C20H26N2O6S. The molecular weight excluding hydrogens is 396 g/mol. The predicted molar refractivity (Wildman–Crippen MR) is 112 cm³/mol. The van der Waals surface area contributed by atoms with Gasteiger partial charge in [0, 0.05) is 7.05 Å². The molecule has 29 heavy (non-hydrogen) atoms. The van der Waals surface area contributed by atoms with E-state index in [1.165, 1.54) is 20.2 Å². The zero-order valence-corrected chi connectivity index (χ0v) is 18.2. The van der Waals surface area contributed by atoms with Crippen LogP contribution in [0.4, 0.5) is 5.69 Å². The van der Waals surface area contributed by atoms with Crippen LogP contribution in [0.1, 0.15) is 28.9 Å². The van der Waals surface area contributed by atoms with Gasteiger partial charge in [-0.2, -0.15) is 0 Å². The van der Waals surface area contributed by atoms with Crippen LogP contribution in [0.15, 0.2) is 36.4 Å². The molecule has 8 nitrogen and oxygen atoms in total. The third-order valence-electron chi connectivity index (χ3n) is 4.54. The molecule has 0 heterocycles. The lowest BCUT2D eigenvalue weighted by Crippen LogP contribution is -2.28. The van der Waals surface area contributed by atoms with Crippen molar-refractivity contribution in [2.45, 2.75) is 13.0 Å². The lowest BCUT2D eigenvalue weighted by atomic mass is 10.1. The molecule has 0 bridgehead atoms. The van der Waals surface area contributed by atoms with E-state index in [0.717, 1.165) is 16.1 Å². The van der Waals surface area contributed by atoms with Crippen molar-refractivity contribution in [1.82, 2.24) is 5.32 Å². The summed E-state index contributed by atoms with van der Waals surface area (Å²) in [6, 6.07) is 9.66. The Morgan fingerprint density at radius 3 is 2.10 bits per heavy atom. The van der Waals surface area contributed by atoms with Crippen molar-refractivity contribution < 1.29 is 27.4 Å². The second-order valence-corrected chi connectivity index (χ2v) is 8.44. The zero-order chi connectivity index (χ0) is 21.8. The van der Waals surface area contributed by atoms with Crippen LogP contribution in [0.2, 0.25) is 0 Å². The first kappa shape index (κ1) is 22.4. The van der Waals surface area contributed by atoms with Crippen molar-refractivity contribution >= 4 is 21.6 Å². The lowest BCUT2D eigenvalue weighted by molar-refractivity contribution is 0.0936. The van der Waals surface area contributed by atoms with E-state index < -0.39 is 15.9 Å². The van der Waals surface area contributed by atoms with Crippen molar-refractivity contribution in [3.05, 3.63) is 47.5 Å². The smallest absolute Gasteiger partial charge is 0.255 e. The van der Waals surface area contributed by atoms with Crippen LogP contribution in [0.5, 0.6) is 17.2 Å². The normalized spacial score (nSPS) is 12.1. The van der Waals surface area contributed by atoms with Crippen LogP contribution >= 0.6 is 0 Å². The Morgan fingerprint density at radius 2 is 1.55 bits per heavy atom. The molecule has 0 spiro atoms. The molecule has 0 radical (unpaired) electrons. The number of nitrogens with zero attached hydrogens (tertiary/aromatic N) is 1. The van der Waals surface area contributed by atoms with E-state index in [-0.39, 0.29) is 11.6 Å². The molecule has 0 aliphatic rings. The Morgan fingerprint density at radius 1 is 0.966 bits per heavy atom. The number of amides is 1. The molecule has 0 unspecified atom stereocenters. The molecule has 2 aromatic rings. The molecule has 158 valence electrons. The van der Waals surface area contributed by atoms with Gasteiger partial charge in [-0.15, -0.1) is 0 Å². The number of sulfonamides is 1. The number of anilines is 1. The molecule has 2 rings (SSSR count). The quantitative estimate of drug-likeness (QED) is 0.703. The Labute approximate surface area is 171 Å². The largest absolute Gasteiger partial charge is 0.496 e. The minimum atomic E-state index is -3.46. The summed E-state index contributed by atoms with van der Waals surface area (Å²) in [5.74, 6) is 1.09. The number of rotatable bonds is 8. The van der Waals surface area contributed by atoms with Crippen LogP contribution in [0.3, 0.4) is 0 Å². The topological polar surface area (TPSA) is 94.2 Å². The summed E-state index contributed by atoms with van der Waals surface area (Å²) >= 11 is 0. The molecule has 0 saturated heterocycles. The molecule has 0 aliphatic carbocycles. The van der Waals surface area contributed by atoms with E-state index in [0.29, 0.717) is 22.9 Å². The maximum Gasteiger partial charge on any atom is 0.255 e. The number of carbonyl (C=O) groups is 1. The van der Waals surface area contributed by atoms with Gasteiger partial charge in [0.15, 0.2) is 11.5 Å². The van der Waals surface area contributed by atoms with E-state index in [1.54, 1.807) is 38.5 Å². The van der Waals surface area contributed by atoms with Gasteiger partial charge in [-0.3, -0.25) is 9.10 Å². The molecule has 0 saturated carbocycles. The van der Waals surface area contributed by atoms with Crippen LogP contribution in [-0.4, -0.2) is 49.0 Å². The number of methoxy groups -OCH3 is 3. The highest BCUT2D eigenvalue weighted by atomic mass is 32.2. The van der Waals surface area contributed by atoms with E-state index in [2.05, 4.69) is 5.32 Å². The molecule has 1 N–H and O–H groups in total. The van der Waals surface area contributed by atoms with Gasteiger partial charge < -0.3 is 19.5 Å². The molecule has 1 atom stereocenters. The van der Waals surface area contributed by atoms with E-state index in [1.807, 2.05) is 13.0 Å². The summed E-state index contributed by atoms with van der Waals surface area (Å²) in [5, 5.41) is 2.90. The maximum absolute atomic E-state index is 12.9. The van der Waals surface area contributed by atoms with Gasteiger partial charge >= 0.3 is 0 Å². The average molecular weight is 423 g/mol.